The minimum atomic E-state index is 0.527. The average molecular weight is 287 g/mol. The number of hydrogen-bond donors (Lipinski definition) is 2. The van der Waals surface area contributed by atoms with Crippen molar-refractivity contribution < 1.29 is 0 Å². The minimum absolute atomic E-state index is 0.527. The van der Waals surface area contributed by atoms with E-state index in [9.17, 15) is 0 Å². The van der Waals surface area contributed by atoms with E-state index >= 15 is 0 Å². The Morgan fingerprint density at radius 1 is 1.29 bits per heavy atom. The summed E-state index contributed by atoms with van der Waals surface area (Å²) < 4.78 is 0. The molecular formula is C16H25N5. The first-order chi connectivity index (χ1) is 10.1. The van der Waals surface area contributed by atoms with Gasteiger partial charge in [-0.15, -0.1) is 0 Å². The van der Waals surface area contributed by atoms with Gasteiger partial charge in [-0.2, -0.15) is 5.10 Å². The molecule has 2 heterocycles. The Kier molecular flexibility index (Phi) is 5.47. The Morgan fingerprint density at radius 2 is 2.10 bits per heavy atom. The van der Waals surface area contributed by atoms with Crippen LogP contribution in [0.4, 0.5) is 0 Å². The van der Waals surface area contributed by atoms with Crippen molar-refractivity contribution in [2.75, 3.05) is 20.6 Å². The van der Waals surface area contributed by atoms with Gasteiger partial charge in [-0.25, -0.2) is 0 Å². The maximum Gasteiger partial charge on any atom is 0.0710 e. The van der Waals surface area contributed by atoms with Gasteiger partial charge in [0.2, 0.25) is 0 Å². The van der Waals surface area contributed by atoms with Crippen LogP contribution in [-0.4, -0.2) is 46.8 Å². The molecule has 0 bridgehead atoms. The molecule has 5 nitrogen and oxygen atoms in total. The van der Waals surface area contributed by atoms with E-state index in [4.69, 9.17) is 0 Å². The fourth-order valence-corrected chi connectivity index (χ4v) is 2.57. The molecule has 0 aromatic carbocycles. The Hall–Kier alpha value is -1.72. The highest BCUT2D eigenvalue weighted by molar-refractivity contribution is 5.61. The maximum absolute atomic E-state index is 4.16. The molecule has 0 aliphatic carbocycles. The Balaban J connectivity index is 1.97. The highest BCUT2D eigenvalue weighted by Gasteiger charge is 2.15. The number of hydrogen-bond acceptors (Lipinski definition) is 4. The van der Waals surface area contributed by atoms with E-state index in [0.29, 0.717) is 12.0 Å². The highest BCUT2D eigenvalue weighted by Crippen LogP contribution is 2.19. The predicted molar refractivity (Wildman–Crippen MR) is 85.8 cm³/mol. The Labute approximate surface area is 126 Å². The number of likely N-dealkylation sites (N-methyl/N-ethyl adjacent to an activating group) is 1. The molecule has 1 unspecified atom stereocenters. The lowest BCUT2D eigenvalue weighted by Gasteiger charge is -2.28. The second kappa shape index (κ2) is 7.33. The summed E-state index contributed by atoms with van der Waals surface area (Å²) in [5, 5.41) is 10.8. The van der Waals surface area contributed by atoms with Gasteiger partial charge in [0.15, 0.2) is 0 Å². The van der Waals surface area contributed by atoms with Crippen LogP contribution in [-0.2, 0) is 6.54 Å². The minimum Gasteiger partial charge on any atom is -0.311 e. The van der Waals surface area contributed by atoms with E-state index in [-0.39, 0.29) is 0 Å². The highest BCUT2D eigenvalue weighted by atomic mass is 15.1. The van der Waals surface area contributed by atoms with E-state index in [1.54, 1.807) is 6.20 Å². The second-order valence-corrected chi connectivity index (χ2v) is 5.92. The first-order valence-corrected chi connectivity index (χ1v) is 7.39. The Bertz CT molecular complexity index is 525. The number of pyridine rings is 1. The van der Waals surface area contributed by atoms with Gasteiger partial charge in [-0.3, -0.25) is 10.1 Å². The van der Waals surface area contributed by atoms with Crippen LogP contribution >= 0.6 is 0 Å². The van der Waals surface area contributed by atoms with Crippen LogP contribution in [0.2, 0.25) is 0 Å². The SMILES string of the molecule is CC(C)C(CNCc1cn[nH]c1-c1cccnc1)N(C)C. The van der Waals surface area contributed by atoms with Gasteiger partial charge in [0.25, 0.3) is 0 Å². The first kappa shape index (κ1) is 15.7. The zero-order valence-electron chi connectivity index (χ0n) is 13.3. The van der Waals surface area contributed by atoms with Crippen LogP contribution in [0.3, 0.4) is 0 Å². The summed E-state index contributed by atoms with van der Waals surface area (Å²) in [7, 11) is 4.26. The lowest BCUT2D eigenvalue weighted by Crippen LogP contribution is -2.41. The van der Waals surface area contributed by atoms with Gasteiger partial charge < -0.3 is 10.2 Å². The molecule has 0 aliphatic rings. The van der Waals surface area contributed by atoms with Crippen molar-refractivity contribution in [2.45, 2.75) is 26.4 Å². The van der Waals surface area contributed by atoms with Crippen molar-refractivity contribution in [1.29, 1.82) is 0 Å². The lowest BCUT2D eigenvalue weighted by molar-refractivity contribution is 0.224. The largest absolute Gasteiger partial charge is 0.311 e. The lowest BCUT2D eigenvalue weighted by atomic mass is 10.0. The number of aromatic amines is 1. The zero-order chi connectivity index (χ0) is 15.2. The predicted octanol–water partition coefficient (Wildman–Crippen LogP) is 2.15. The van der Waals surface area contributed by atoms with Crippen LogP contribution in [0, 0.1) is 5.92 Å². The molecule has 0 spiro atoms. The number of rotatable bonds is 7. The van der Waals surface area contributed by atoms with Crippen molar-refractivity contribution in [3.05, 3.63) is 36.3 Å². The van der Waals surface area contributed by atoms with Gasteiger partial charge in [0.05, 0.1) is 11.9 Å². The molecule has 2 aromatic heterocycles. The van der Waals surface area contributed by atoms with Crippen LogP contribution in [0.1, 0.15) is 19.4 Å². The molecule has 1 atom stereocenters. The molecule has 0 saturated heterocycles. The number of nitrogens with one attached hydrogen (secondary N) is 2. The number of nitrogens with zero attached hydrogens (tertiary/aromatic N) is 3. The van der Waals surface area contributed by atoms with Gasteiger partial charge >= 0.3 is 0 Å². The molecule has 0 fully saturated rings. The maximum atomic E-state index is 4.16. The summed E-state index contributed by atoms with van der Waals surface area (Å²) in [6.07, 6.45) is 5.52. The van der Waals surface area contributed by atoms with Crippen LogP contribution in [0.25, 0.3) is 11.3 Å². The topological polar surface area (TPSA) is 56.8 Å². The van der Waals surface area contributed by atoms with Crippen molar-refractivity contribution in [3.63, 3.8) is 0 Å². The normalized spacial score (nSPS) is 13.0. The van der Waals surface area contributed by atoms with Crippen LogP contribution in [0.5, 0.6) is 0 Å². The molecule has 2 N–H and O–H groups in total. The van der Waals surface area contributed by atoms with Crippen molar-refractivity contribution >= 4 is 0 Å². The molecule has 114 valence electrons. The van der Waals surface area contributed by atoms with Crippen LogP contribution in [0.15, 0.2) is 30.7 Å². The van der Waals surface area contributed by atoms with Gasteiger partial charge in [0, 0.05) is 42.7 Å². The summed E-state index contributed by atoms with van der Waals surface area (Å²) in [4.78, 5) is 6.43. The standard InChI is InChI=1S/C16H25N5/c1-12(2)15(21(3)4)11-18-9-14-10-19-20-16(14)13-6-5-7-17-8-13/h5-8,10,12,15,18H,9,11H2,1-4H3,(H,19,20). The van der Waals surface area contributed by atoms with Gasteiger partial charge in [-0.05, 0) is 32.1 Å². The van der Waals surface area contributed by atoms with E-state index in [0.717, 1.165) is 24.3 Å². The monoisotopic (exact) mass is 287 g/mol. The molecule has 0 amide bonds. The third-order valence-corrected chi connectivity index (χ3v) is 3.77. The summed E-state index contributed by atoms with van der Waals surface area (Å²) in [6.45, 7) is 6.27. The molecule has 0 radical (unpaired) electrons. The van der Waals surface area contributed by atoms with Gasteiger partial charge in [0.1, 0.15) is 0 Å². The van der Waals surface area contributed by atoms with Gasteiger partial charge in [-0.1, -0.05) is 13.8 Å². The van der Waals surface area contributed by atoms with E-state index < -0.39 is 0 Å². The molecule has 2 aromatic rings. The quantitative estimate of drug-likeness (QED) is 0.819. The first-order valence-electron chi connectivity index (χ1n) is 7.39. The average Bonchev–Trinajstić information content (AvgIpc) is 2.92. The number of aromatic nitrogens is 3. The molecule has 2 rings (SSSR count). The van der Waals surface area contributed by atoms with Crippen LogP contribution < -0.4 is 5.32 Å². The Morgan fingerprint density at radius 3 is 2.71 bits per heavy atom. The van der Waals surface area contributed by atoms with E-state index in [1.807, 2.05) is 24.5 Å². The fraction of sp³-hybridized carbons (Fsp3) is 0.500. The van der Waals surface area contributed by atoms with Crippen molar-refractivity contribution in [1.82, 2.24) is 25.4 Å². The third-order valence-electron chi connectivity index (χ3n) is 3.77. The smallest absolute Gasteiger partial charge is 0.0710 e. The van der Waals surface area contributed by atoms with Crippen molar-refractivity contribution in [2.24, 2.45) is 5.92 Å². The summed E-state index contributed by atoms with van der Waals surface area (Å²) >= 11 is 0. The van der Waals surface area contributed by atoms with Crippen molar-refractivity contribution in [3.8, 4) is 11.3 Å². The molecule has 5 heteroatoms. The summed E-state index contributed by atoms with van der Waals surface area (Å²) in [5.74, 6) is 0.620. The second-order valence-electron chi connectivity index (χ2n) is 5.92. The summed E-state index contributed by atoms with van der Waals surface area (Å²) in [6, 6.07) is 4.51. The fourth-order valence-electron chi connectivity index (χ4n) is 2.57. The van der Waals surface area contributed by atoms with E-state index in [1.165, 1.54) is 5.56 Å². The zero-order valence-corrected chi connectivity index (χ0v) is 13.3. The third kappa shape index (κ3) is 4.12. The van der Waals surface area contributed by atoms with E-state index in [2.05, 4.69) is 53.3 Å². The molecule has 21 heavy (non-hydrogen) atoms. The number of H-pyrrole nitrogens is 1. The molecular weight excluding hydrogens is 262 g/mol. The molecule has 0 aliphatic heterocycles. The summed E-state index contributed by atoms with van der Waals surface area (Å²) in [5.41, 5.74) is 3.28. The molecule has 0 saturated carbocycles.